The third-order valence-corrected chi connectivity index (χ3v) is 1.82. The van der Waals surface area contributed by atoms with Gasteiger partial charge < -0.3 is 5.73 Å². The molecule has 0 atom stereocenters. The molecule has 2 N–H and O–H groups in total. The van der Waals surface area contributed by atoms with Gasteiger partial charge >= 0.3 is 0 Å². The van der Waals surface area contributed by atoms with Crippen LogP contribution in [0.4, 0.5) is 5.69 Å². The molecule has 0 aliphatic carbocycles. The standard InChI is InChI=1S/C9H12BN/c1-3-7-8(10)4-6(2)5-9(7)11/h4-5H,3,11H2,1-2H3. The Balaban J connectivity index is 3.25. The second-order valence-electron chi connectivity index (χ2n) is 2.78. The zero-order valence-electron chi connectivity index (χ0n) is 7.02. The molecule has 56 valence electrons. The van der Waals surface area contributed by atoms with Crippen molar-refractivity contribution in [1.29, 1.82) is 0 Å². The Kier molecular flexibility index (Phi) is 2.23. The molecule has 0 aliphatic heterocycles. The summed E-state index contributed by atoms with van der Waals surface area (Å²) in [6.07, 6.45) is 0.901. The van der Waals surface area contributed by atoms with E-state index in [0.29, 0.717) is 0 Å². The Morgan fingerprint density at radius 2 is 2.09 bits per heavy atom. The van der Waals surface area contributed by atoms with Gasteiger partial charge in [-0.25, -0.2) is 0 Å². The molecule has 2 heteroatoms. The maximum atomic E-state index is 5.75. The first-order valence-corrected chi connectivity index (χ1v) is 3.79. The van der Waals surface area contributed by atoms with Crippen LogP contribution in [0.3, 0.4) is 0 Å². The molecule has 0 aliphatic rings. The lowest BCUT2D eigenvalue weighted by atomic mass is 9.87. The van der Waals surface area contributed by atoms with E-state index in [4.69, 9.17) is 13.6 Å². The number of hydrogen-bond acceptors (Lipinski definition) is 1. The van der Waals surface area contributed by atoms with E-state index < -0.39 is 0 Å². The molecule has 0 amide bonds. The molecule has 1 aromatic carbocycles. The van der Waals surface area contributed by atoms with Gasteiger partial charge in [0, 0.05) is 5.69 Å². The van der Waals surface area contributed by atoms with Gasteiger partial charge in [-0.2, -0.15) is 0 Å². The number of rotatable bonds is 1. The predicted octanol–water partition coefficient (Wildman–Crippen LogP) is 0.933. The molecule has 0 saturated heterocycles. The molecule has 1 aromatic rings. The van der Waals surface area contributed by atoms with Crippen molar-refractivity contribution in [3.8, 4) is 0 Å². The maximum Gasteiger partial charge on any atom is 0.114 e. The van der Waals surface area contributed by atoms with Crippen LogP contribution in [0.1, 0.15) is 18.1 Å². The fraction of sp³-hybridized carbons (Fsp3) is 0.333. The van der Waals surface area contributed by atoms with Gasteiger partial charge in [-0.1, -0.05) is 18.5 Å². The van der Waals surface area contributed by atoms with Gasteiger partial charge in [-0.15, -0.1) is 0 Å². The van der Waals surface area contributed by atoms with E-state index in [-0.39, 0.29) is 0 Å². The normalized spacial score (nSPS) is 10.0. The van der Waals surface area contributed by atoms with E-state index in [2.05, 4.69) is 6.92 Å². The fourth-order valence-corrected chi connectivity index (χ4v) is 1.28. The van der Waals surface area contributed by atoms with Crippen molar-refractivity contribution < 1.29 is 0 Å². The van der Waals surface area contributed by atoms with Gasteiger partial charge in [-0.3, -0.25) is 0 Å². The highest BCUT2D eigenvalue weighted by atomic mass is 14.6. The molecule has 11 heavy (non-hydrogen) atoms. The molecule has 0 heterocycles. The molecule has 0 aromatic heterocycles. The molecule has 0 bridgehead atoms. The summed E-state index contributed by atoms with van der Waals surface area (Å²) >= 11 is 0. The first-order chi connectivity index (χ1) is 5.15. The minimum atomic E-state index is 0.810. The largest absolute Gasteiger partial charge is 0.399 e. The summed E-state index contributed by atoms with van der Waals surface area (Å²) in [5.74, 6) is 0. The van der Waals surface area contributed by atoms with Gasteiger partial charge in [0.05, 0.1) is 0 Å². The van der Waals surface area contributed by atoms with Gasteiger partial charge in [0.15, 0.2) is 0 Å². The first-order valence-electron chi connectivity index (χ1n) is 3.79. The summed E-state index contributed by atoms with van der Waals surface area (Å²) in [4.78, 5) is 0. The molecule has 2 radical (unpaired) electrons. The van der Waals surface area contributed by atoms with Gasteiger partial charge in [0.1, 0.15) is 7.85 Å². The SMILES string of the molecule is [B]c1cc(C)cc(N)c1CC. The van der Waals surface area contributed by atoms with Crippen LogP contribution >= 0.6 is 0 Å². The zero-order chi connectivity index (χ0) is 8.43. The van der Waals surface area contributed by atoms with Gasteiger partial charge in [0.2, 0.25) is 0 Å². The van der Waals surface area contributed by atoms with Crippen LogP contribution in [0, 0.1) is 6.92 Å². The molecular formula is C9H12BN. The summed E-state index contributed by atoms with van der Waals surface area (Å²) in [7, 11) is 5.75. The van der Waals surface area contributed by atoms with Crippen LogP contribution in [0.2, 0.25) is 0 Å². The number of hydrogen-bond donors (Lipinski definition) is 1. The second kappa shape index (κ2) is 2.99. The molecule has 1 nitrogen and oxygen atoms in total. The number of anilines is 1. The number of nitrogen functional groups attached to an aromatic ring is 1. The second-order valence-corrected chi connectivity index (χ2v) is 2.78. The quantitative estimate of drug-likeness (QED) is 0.461. The lowest BCUT2D eigenvalue weighted by molar-refractivity contribution is 1.15. The topological polar surface area (TPSA) is 26.0 Å². The van der Waals surface area contributed by atoms with E-state index in [1.165, 1.54) is 0 Å². The zero-order valence-corrected chi connectivity index (χ0v) is 7.02. The van der Waals surface area contributed by atoms with Crippen molar-refractivity contribution in [1.82, 2.24) is 0 Å². The molecule has 0 unspecified atom stereocenters. The monoisotopic (exact) mass is 145 g/mol. The number of aryl methyl sites for hydroxylation is 1. The third-order valence-electron chi connectivity index (χ3n) is 1.82. The highest BCUT2D eigenvalue weighted by molar-refractivity contribution is 6.33. The van der Waals surface area contributed by atoms with Crippen molar-refractivity contribution in [3.63, 3.8) is 0 Å². The molecule has 0 spiro atoms. The average molecular weight is 145 g/mol. The van der Waals surface area contributed by atoms with E-state index >= 15 is 0 Å². The molecular weight excluding hydrogens is 133 g/mol. The highest BCUT2D eigenvalue weighted by Gasteiger charge is 2.00. The Morgan fingerprint density at radius 3 is 2.55 bits per heavy atom. The van der Waals surface area contributed by atoms with Crippen molar-refractivity contribution >= 4 is 19.0 Å². The maximum absolute atomic E-state index is 5.75. The van der Waals surface area contributed by atoms with Crippen LogP contribution < -0.4 is 11.2 Å². The highest BCUT2D eigenvalue weighted by Crippen LogP contribution is 2.11. The number of benzene rings is 1. The molecule has 0 fully saturated rings. The van der Waals surface area contributed by atoms with Crippen molar-refractivity contribution in [2.24, 2.45) is 0 Å². The smallest absolute Gasteiger partial charge is 0.114 e. The van der Waals surface area contributed by atoms with Crippen LogP contribution in [0.5, 0.6) is 0 Å². The Morgan fingerprint density at radius 1 is 1.45 bits per heavy atom. The van der Waals surface area contributed by atoms with E-state index in [1.807, 2.05) is 19.1 Å². The lowest BCUT2D eigenvalue weighted by Gasteiger charge is -2.08. The Labute approximate surface area is 69.0 Å². The predicted molar refractivity (Wildman–Crippen MR) is 50.4 cm³/mol. The number of nitrogens with two attached hydrogens (primary N) is 1. The Hall–Kier alpha value is -0.915. The van der Waals surface area contributed by atoms with Crippen LogP contribution in [-0.4, -0.2) is 7.85 Å². The summed E-state index contributed by atoms with van der Waals surface area (Å²) in [5.41, 5.74) is 9.56. The lowest BCUT2D eigenvalue weighted by Crippen LogP contribution is -2.13. The molecule has 0 saturated carbocycles. The van der Waals surface area contributed by atoms with Crippen molar-refractivity contribution in [3.05, 3.63) is 23.3 Å². The van der Waals surface area contributed by atoms with Crippen molar-refractivity contribution in [2.45, 2.75) is 20.3 Å². The average Bonchev–Trinajstić information content (AvgIpc) is 1.85. The summed E-state index contributed by atoms with van der Waals surface area (Å²) in [6, 6.07) is 3.91. The fourth-order valence-electron chi connectivity index (χ4n) is 1.28. The Bertz CT molecular complexity index is 245. The van der Waals surface area contributed by atoms with E-state index in [9.17, 15) is 0 Å². The first kappa shape index (κ1) is 8.18. The third kappa shape index (κ3) is 1.56. The minimum absolute atomic E-state index is 0.810. The van der Waals surface area contributed by atoms with Crippen molar-refractivity contribution in [2.75, 3.05) is 5.73 Å². The summed E-state index contributed by atoms with van der Waals surface area (Å²) in [6.45, 7) is 4.05. The van der Waals surface area contributed by atoms with Gasteiger partial charge in [0.25, 0.3) is 0 Å². The van der Waals surface area contributed by atoms with E-state index in [0.717, 1.165) is 28.7 Å². The molecule has 1 rings (SSSR count). The minimum Gasteiger partial charge on any atom is -0.399 e. The van der Waals surface area contributed by atoms with Crippen LogP contribution in [-0.2, 0) is 6.42 Å². The van der Waals surface area contributed by atoms with Gasteiger partial charge in [-0.05, 0) is 30.5 Å². The van der Waals surface area contributed by atoms with E-state index in [1.54, 1.807) is 0 Å². The summed E-state index contributed by atoms with van der Waals surface area (Å²) in [5, 5.41) is 0. The summed E-state index contributed by atoms with van der Waals surface area (Å²) < 4.78 is 0. The van der Waals surface area contributed by atoms with Crippen LogP contribution in [0.15, 0.2) is 12.1 Å². The van der Waals surface area contributed by atoms with Crippen LogP contribution in [0.25, 0.3) is 0 Å².